The van der Waals surface area contributed by atoms with Crippen molar-refractivity contribution in [2.75, 3.05) is 10.7 Å². The van der Waals surface area contributed by atoms with Crippen LogP contribution >= 0.6 is 27.3 Å². The van der Waals surface area contributed by atoms with E-state index in [-0.39, 0.29) is 5.91 Å². The molecule has 4 N–H and O–H groups in total. The van der Waals surface area contributed by atoms with Crippen molar-refractivity contribution in [3.63, 3.8) is 0 Å². The molecule has 0 spiro atoms. The topological polar surface area (TPSA) is 80.0 Å². The van der Waals surface area contributed by atoms with Crippen LogP contribution in [0, 0.1) is 0 Å². The van der Waals surface area contributed by atoms with Crippen molar-refractivity contribution >= 4 is 54.2 Å². The van der Waals surface area contributed by atoms with Crippen LogP contribution in [0.5, 0.6) is 0 Å². The molecule has 4 aromatic rings. The lowest BCUT2D eigenvalue weighted by atomic mass is 10.0. The van der Waals surface area contributed by atoms with Gasteiger partial charge in [0.05, 0.1) is 10.2 Å². The maximum Gasteiger partial charge on any atom is 0.255 e. The van der Waals surface area contributed by atoms with Crippen molar-refractivity contribution < 1.29 is 4.79 Å². The lowest BCUT2D eigenvalue weighted by Crippen LogP contribution is -2.11. The van der Waals surface area contributed by atoms with E-state index in [1.165, 1.54) is 11.3 Å². The molecule has 5 nitrogen and oxygen atoms in total. The molecule has 0 aliphatic rings. The van der Waals surface area contributed by atoms with E-state index in [4.69, 9.17) is 5.84 Å². The maximum atomic E-state index is 12.6. The Morgan fingerprint density at radius 2 is 1.70 bits per heavy atom. The summed E-state index contributed by atoms with van der Waals surface area (Å²) in [5.74, 6) is 5.26. The van der Waals surface area contributed by atoms with E-state index in [1.54, 1.807) is 0 Å². The Labute approximate surface area is 168 Å². The van der Waals surface area contributed by atoms with Crippen molar-refractivity contribution in [2.24, 2.45) is 5.84 Å². The van der Waals surface area contributed by atoms with E-state index >= 15 is 0 Å². The van der Waals surface area contributed by atoms with E-state index in [2.05, 4.69) is 31.7 Å². The first-order chi connectivity index (χ1) is 13.1. The maximum absolute atomic E-state index is 12.6. The van der Waals surface area contributed by atoms with Crippen LogP contribution in [-0.2, 0) is 0 Å². The monoisotopic (exact) mass is 438 g/mol. The molecule has 134 valence electrons. The van der Waals surface area contributed by atoms with Crippen LogP contribution in [0.3, 0.4) is 0 Å². The number of halogens is 1. The molecular weight excluding hydrogens is 424 g/mol. The van der Waals surface area contributed by atoms with Crippen molar-refractivity contribution in [1.29, 1.82) is 0 Å². The van der Waals surface area contributed by atoms with E-state index in [0.29, 0.717) is 16.4 Å². The number of aromatic nitrogens is 1. The largest absolute Gasteiger partial charge is 0.322 e. The van der Waals surface area contributed by atoms with Crippen LogP contribution in [0.2, 0.25) is 0 Å². The number of thiazole rings is 1. The molecule has 0 radical (unpaired) electrons. The highest BCUT2D eigenvalue weighted by Crippen LogP contribution is 2.34. The molecule has 27 heavy (non-hydrogen) atoms. The highest BCUT2D eigenvalue weighted by molar-refractivity contribution is 9.10. The van der Waals surface area contributed by atoms with Gasteiger partial charge in [-0.05, 0) is 51.3 Å². The third-order valence-corrected chi connectivity index (χ3v) is 5.62. The van der Waals surface area contributed by atoms with Gasteiger partial charge in [0.1, 0.15) is 0 Å². The molecule has 0 aliphatic carbocycles. The molecule has 0 aliphatic heterocycles. The number of benzene rings is 3. The zero-order valence-electron chi connectivity index (χ0n) is 14.1. The van der Waals surface area contributed by atoms with Gasteiger partial charge in [0.15, 0.2) is 5.13 Å². The number of fused-ring (bicyclic) bond motifs is 1. The first kappa shape index (κ1) is 17.7. The van der Waals surface area contributed by atoms with Gasteiger partial charge in [-0.3, -0.25) is 10.2 Å². The number of anilines is 2. The molecule has 0 bridgehead atoms. The predicted molar refractivity (Wildman–Crippen MR) is 115 cm³/mol. The summed E-state index contributed by atoms with van der Waals surface area (Å²) in [6.07, 6.45) is 0. The van der Waals surface area contributed by atoms with Gasteiger partial charge >= 0.3 is 0 Å². The summed E-state index contributed by atoms with van der Waals surface area (Å²) in [5, 5.41) is 3.55. The van der Waals surface area contributed by atoms with Gasteiger partial charge < -0.3 is 5.32 Å². The second-order valence-corrected chi connectivity index (χ2v) is 7.75. The molecule has 0 saturated carbocycles. The molecule has 1 amide bonds. The molecule has 1 aromatic heterocycles. The van der Waals surface area contributed by atoms with E-state index < -0.39 is 0 Å². The summed E-state index contributed by atoms with van der Waals surface area (Å²) in [5.41, 5.74) is 6.83. The molecule has 0 saturated heterocycles. The van der Waals surface area contributed by atoms with E-state index in [1.807, 2.05) is 66.7 Å². The molecule has 0 atom stereocenters. The van der Waals surface area contributed by atoms with Gasteiger partial charge in [0.2, 0.25) is 0 Å². The second kappa shape index (κ2) is 7.48. The Bertz CT molecular complexity index is 1110. The Hall–Kier alpha value is -2.74. The molecule has 7 heteroatoms. The lowest BCUT2D eigenvalue weighted by molar-refractivity contribution is 0.102. The van der Waals surface area contributed by atoms with Gasteiger partial charge in [-0.15, -0.1) is 0 Å². The van der Waals surface area contributed by atoms with E-state index in [0.717, 1.165) is 25.8 Å². The smallest absolute Gasteiger partial charge is 0.255 e. The number of carbonyl (C=O) groups excluding carboxylic acids is 1. The van der Waals surface area contributed by atoms with E-state index in [9.17, 15) is 4.79 Å². The lowest BCUT2D eigenvalue weighted by Gasteiger charge is -2.07. The van der Waals surface area contributed by atoms with Crippen LogP contribution in [0.15, 0.2) is 71.2 Å². The number of amides is 1. The molecule has 0 fully saturated rings. The number of nitrogens with two attached hydrogens (primary N) is 1. The number of hydrazine groups is 1. The van der Waals surface area contributed by atoms with Crippen molar-refractivity contribution in [3.05, 3.63) is 76.8 Å². The molecule has 0 unspecified atom stereocenters. The molecule has 3 aromatic carbocycles. The minimum atomic E-state index is -0.164. The summed E-state index contributed by atoms with van der Waals surface area (Å²) in [6.45, 7) is 0. The minimum Gasteiger partial charge on any atom is -0.322 e. The highest BCUT2D eigenvalue weighted by Gasteiger charge is 2.11. The standard InChI is InChI=1S/C20H15BrN4OS/c21-16-10-15(11-17-18(16)24-20(25-22)27-17)23-19(26)14-8-6-13(7-9-14)12-4-2-1-3-5-12/h1-11H,22H2,(H,23,26)(H,24,25). The third-order valence-electron chi connectivity index (χ3n) is 4.08. The first-order valence-electron chi connectivity index (χ1n) is 8.17. The summed E-state index contributed by atoms with van der Waals surface area (Å²) in [7, 11) is 0. The van der Waals surface area contributed by atoms with Gasteiger partial charge in [-0.25, -0.2) is 10.8 Å². The molecular formula is C20H15BrN4OS. The number of rotatable bonds is 4. The number of nitrogens with one attached hydrogen (secondary N) is 2. The number of hydrogen-bond acceptors (Lipinski definition) is 5. The van der Waals surface area contributed by atoms with Crippen LogP contribution in [-0.4, -0.2) is 10.9 Å². The number of nitrogens with zero attached hydrogens (tertiary/aromatic N) is 1. The van der Waals surface area contributed by atoms with Crippen LogP contribution < -0.4 is 16.6 Å². The SMILES string of the molecule is NNc1nc2c(Br)cc(NC(=O)c3ccc(-c4ccccc4)cc3)cc2s1. The first-order valence-corrected chi connectivity index (χ1v) is 9.78. The normalized spacial score (nSPS) is 10.7. The molecule has 4 rings (SSSR count). The Balaban J connectivity index is 1.56. The summed E-state index contributed by atoms with van der Waals surface area (Å²) in [4.78, 5) is 17.0. The zero-order chi connectivity index (χ0) is 18.8. The fraction of sp³-hybridized carbons (Fsp3) is 0. The summed E-state index contributed by atoms with van der Waals surface area (Å²) >= 11 is 4.92. The minimum absolute atomic E-state index is 0.164. The Morgan fingerprint density at radius 1 is 1.00 bits per heavy atom. The van der Waals surface area contributed by atoms with Crippen molar-refractivity contribution in [3.8, 4) is 11.1 Å². The molecule has 1 heterocycles. The average molecular weight is 439 g/mol. The number of nitrogen functional groups attached to an aromatic ring is 1. The summed E-state index contributed by atoms with van der Waals surface area (Å²) in [6, 6.07) is 21.3. The van der Waals surface area contributed by atoms with Crippen LogP contribution in [0.25, 0.3) is 21.3 Å². The van der Waals surface area contributed by atoms with Gasteiger partial charge in [0, 0.05) is 15.7 Å². The number of hydrogen-bond donors (Lipinski definition) is 3. The van der Waals surface area contributed by atoms with Gasteiger partial charge in [-0.1, -0.05) is 53.8 Å². The van der Waals surface area contributed by atoms with Crippen molar-refractivity contribution in [1.82, 2.24) is 4.98 Å². The Morgan fingerprint density at radius 3 is 2.41 bits per heavy atom. The Kier molecular flexibility index (Phi) is 4.89. The fourth-order valence-electron chi connectivity index (χ4n) is 2.77. The zero-order valence-corrected chi connectivity index (χ0v) is 16.5. The third kappa shape index (κ3) is 3.71. The van der Waals surface area contributed by atoms with Crippen molar-refractivity contribution in [2.45, 2.75) is 0 Å². The highest BCUT2D eigenvalue weighted by atomic mass is 79.9. The van der Waals surface area contributed by atoms with Gasteiger partial charge in [0.25, 0.3) is 5.91 Å². The number of carbonyl (C=O) groups is 1. The average Bonchev–Trinajstić information content (AvgIpc) is 3.13. The van der Waals surface area contributed by atoms with Gasteiger partial charge in [-0.2, -0.15) is 0 Å². The predicted octanol–water partition coefficient (Wildman–Crippen LogP) is 5.26. The van der Waals surface area contributed by atoms with Crippen LogP contribution in [0.4, 0.5) is 10.8 Å². The quantitative estimate of drug-likeness (QED) is 0.299. The van der Waals surface area contributed by atoms with Crippen LogP contribution in [0.1, 0.15) is 10.4 Å². The summed E-state index contributed by atoms with van der Waals surface area (Å²) < 4.78 is 1.72. The second-order valence-electron chi connectivity index (χ2n) is 5.87. The fourth-order valence-corrected chi connectivity index (χ4v) is 4.29.